The number of aliphatic imine (C=N–C) groups is 1. The molecule has 2 aromatic rings. The van der Waals surface area contributed by atoms with Crippen molar-refractivity contribution in [1.29, 1.82) is 0 Å². The van der Waals surface area contributed by atoms with Crippen molar-refractivity contribution < 1.29 is 23.7 Å². The smallest absolute Gasteiger partial charge is 0.165 e. The van der Waals surface area contributed by atoms with Gasteiger partial charge in [0, 0.05) is 11.6 Å². The molecule has 0 bridgehead atoms. The number of phenolic OH excluding ortho intramolecular Hbond substituents is 2. The molecule has 3 rings (SSSR count). The van der Waals surface area contributed by atoms with Gasteiger partial charge in [-0.05, 0) is 24.3 Å². The number of halogens is 2. The van der Waals surface area contributed by atoms with Crippen LogP contribution in [-0.4, -0.2) is 22.5 Å². The van der Waals surface area contributed by atoms with Crippen molar-refractivity contribution in [2.24, 2.45) is 4.99 Å². The van der Waals surface area contributed by atoms with Gasteiger partial charge in [-0.25, -0.2) is 13.8 Å². The van der Waals surface area contributed by atoms with Crippen LogP contribution in [0.3, 0.4) is 0 Å². The van der Waals surface area contributed by atoms with Gasteiger partial charge in [0.25, 0.3) is 0 Å². The normalized spacial score (nSPS) is 13.1. The Morgan fingerprint density at radius 1 is 1.23 bits per heavy atom. The second-order valence-electron chi connectivity index (χ2n) is 4.76. The number of hydrogen-bond acceptors (Lipinski definition) is 4. The number of phenols is 2. The van der Waals surface area contributed by atoms with Gasteiger partial charge in [0.1, 0.15) is 23.9 Å². The van der Waals surface area contributed by atoms with Gasteiger partial charge in [-0.3, -0.25) is 0 Å². The fourth-order valence-corrected chi connectivity index (χ4v) is 2.19. The first-order valence-electron chi connectivity index (χ1n) is 6.37. The number of hydrogen-bond donors (Lipinski definition) is 2. The summed E-state index contributed by atoms with van der Waals surface area (Å²) in [7, 11) is 0. The molecule has 0 saturated heterocycles. The Bertz CT molecular complexity index is 815. The minimum Gasteiger partial charge on any atom is -0.508 e. The van der Waals surface area contributed by atoms with Crippen LogP contribution in [0.25, 0.3) is 5.83 Å². The van der Waals surface area contributed by atoms with Crippen LogP contribution in [0.4, 0.5) is 14.5 Å². The molecule has 0 unspecified atom stereocenters. The molecule has 1 heterocycles. The van der Waals surface area contributed by atoms with Crippen LogP contribution < -0.4 is 4.74 Å². The van der Waals surface area contributed by atoms with E-state index in [0.29, 0.717) is 11.3 Å². The lowest BCUT2D eigenvalue weighted by atomic mass is 10.1. The molecule has 0 aliphatic carbocycles. The van der Waals surface area contributed by atoms with E-state index >= 15 is 0 Å². The molecule has 6 heteroatoms. The molecule has 4 nitrogen and oxygen atoms in total. The van der Waals surface area contributed by atoms with Crippen molar-refractivity contribution in [2.75, 3.05) is 6.61 Å². The Balaban J connectivity index is 2.10. The zero-order chi connectivity index (χ0) is 15.9. The minimum atomic E-state index is -0.778. The summed E-state index contributed by atoms with van der Waals surface area (Å²) in [5.74, 6) is -2.00. The number of fused-ring (bicyclic) bond motifs is 1. The quantitative estimate of drug-likeness (QED) is 0.889. The standard InChI is InChI=1S/C16H11F2NO3/c1-8(17)11-5-10(20)6-13-16(11)22-7-14(19-13)9-2-3-15(21)12(18)4-9/h2-6,20-21H,1,7H2. The number of nitrogens with zero attached hydrogens (tertiary/aromatic N) is 1. The summed E-state index contributed by atoms with van der Waals surface area (Å²) in [4.78, 5) is 4.27. The van der Waals surface area contributed by atoms with Gasteiger partial charge < -0.3 is 14.9 Å². The van der Waals surface area contributed by atoms with Crippen molar-refractivity contribution in [2.45, 2.75) is 0 Å². The highest BCUT2D eigenvalue weighted by Crippen LogP contribution is 2.41. The van der Waals surface area contributed by atoms with E-state index in [9.17, 15) is 19.0 Å². The second kappa shape index (κ2) is 5.14. The molecular weight excluding hydrogens is 292 g/mol. The fraction of sp³-hybridized carbons (Fsp3) is 0.0625. The lowest BCUT2D eigenvalue weighted by Gasteiger charge is -2.20. The van der Waals surface area contributed by atoms with E-state index in [2.05, 4.69) is 11.6 Å². The predicted molar refractivity (Wildman–Crippen MR) is 78.0 cm³/mol. The molecule has 1 aliphatic heterocycles. The average molecular weight is 303 g/mol. The Labute approximate surface area is 124 Å². The number of benzene rings is 2. The fourth-order valence-electron chi connectivity index (χ4n) is 2.19. The largest absolute Gasteiger partial charge is 0.508 e. The highest BCUT2D eigenvalue weighted by atomic mass is 19.1. The first-order chi connectivity index (χ1) is 10.5. The molecule has 0 spiro atoms. The van der Waals surface area contributed by atoms with E-state index in [-0.39, 0.29) is 29.4 Å². The monoisotopic (exact) mass is 303 g/mol. The maximum atomic E-state index is 13.4. The van der Waals surface area contributed by atoms with Gasteiger partial charge in [-0.15, -0.1) is 0 Å². The highest BCUT2D eigenvalue weighted by molar-refractivity contribution is 6.05. The van der Waals surface area contributed by atoms with Crippen LogP contribution in [0.5, 0.6) is 17.2 Å². The molecule has 0 fully saturated rings. The summed E-state index contributed by atoms with van der Waals surface area (Å²) in [6.45, 7) is 3.19. The van der Waals surface area contributed by atoms with Crippen molar-refractivity contribution >= 4 is 17.2 Å². The van der Waals surface area contributed by atoms with E-state index in [1.807, 2.05) is 0 Å². The zero-order valence-electron chi connectivity index (χ0n) is 11.3. The van der Waals surface area contributed by atoms with Gasteiger partial charge in [-0.1, -0.05) is 6.58 Å². The molecule has 2 aromatic carbocycles. The molecular formula is C16H11F2NO3. The van der Waals surface area contributed by atoms with Crippen LogP contribution in [0.15, 0.2) is 41.9 Å². The molecule has 0 amide bonds. The third kappa shape index (κ3) is 2.39. The average Bonchev–Trinajstić information content (AvgIpc) is 2.48. The van der Waals surface area contributed by atoms with Crippen molar-refractivity contribution in [3.63, 3.8) is 0 Å². The van der Waals surface area contributed by atoms with E-state index < -0.39 is 17.4 Å². The maximum absolute atomic E-state index is 13.4. The summed E-state index contributed by atoms with van der Waals surface area (Å²) in [5.41, 5.74) is 1.07. The van der Waals surface area contributed by atoms with Crippen LogP contribution in [-0.2, 0) is 0 Å². The number of aromatic hydroxyl groups is 2. The van der Waals surface area contributed by atoms with Gasteiger partial charge >= 0.3 is 0 Å². The van der Waals surface area contributed by atoms with Crippen molar-refractivity contribution in [1.82, 2.24) is 0 Å². The maximum Gasteiger partial charge on any atom is 0.165 e. The Morgan fingerprint density at radius 2 is 2.00 bits per heavy atom. The first-order valence-corrected chi connectivity index (χ1v) is 6.37. The number of ether oxygens (including phenoxy) is 1. The molecule has 22 heavy (non-hydrogen) atoms. The Hall–Kier alpha value is -2.89. The van der Waals surface area contributed by atoms with Crippen LogP contribution in [0.1, 0.15) is 11.1 Å². The Kier molecular flexibility index (Phi) is 3.29. The molecule has 112 valence electrons. The highest BCUT2D eigenvalue weighted by Gasteiger charge is 2.21. The molecule has 2 N–H and O–H groups in total. The topological polar surface area (TPSA) is 62.0 Å². The second-order valence-corrected chi connectivity index (χ2v) is 4.76. The van der Waals surface area contributed by atoms with Crippen LogP contribution in [0, 0.1) is 5.82 Å². The van der Waals surface area contributed by atoms with E-state index in [4.69, 9.17) is 4.74 Å². The van der Waals surface area contributed by atoms with E-state index in [0.717, 1.165) is 6.07 Å². The summed E-state index contributed by atoms with van der Waals surface area (Å²) in [5, 5.41) is 18.8. The lowest BCUT2D eigenvalue weighted by molar-refractivity contribution is 0.369. The SMILES string of the molecule is C=C(F)c1cc(O)cc2c1OCC(c1ccc(O)c(F)c1)=N2. The first kappa shape index (κ1) is 14.1. The Morgan fingerprint density at radius 3 is 2.68 bits per heavy atom. The van der Waals surface area contributed by atoms with Gasteiger partial charge in [0.15, 0.2) is 17.3 Å². The molecule has 0 saturated carbocycles. The molecule has 0 atom stereocenters. The van der Waals surface area contributed by atoms with Gasteiger partial charge in [0.05, 0.1) is 11.3 Å². The third-order valence-corrected chi connectivity index (χ3v) is 3.24. The lowest BCUT2D eigenvalue weighted by Crippen LogP contribution is -2.17. The summed E-state index contributed by atoms with van der Waals surface area (Å²) in [6, 6.07) is 6.34. The van der Waals surface area contributed by atoms with Crippen molar-refractivity contribution in [3.8, 4) is 17.2 Å². The summed E-state index contributed by atoms with van der Waals surface area (Å²) < 4.78 is 32.3. The molecule has 0 radical (unpaired) electrons. The summed E-state index contributed by atoms with van der Waals surface area (Å²) in [6.07, 6.45) is 0. The van der Waals surface area contributed by atoms with Gasteiger partial charge in [0.2, 0.25) is 0 Å². The number of rotatable bonds is 2. The van der Waals surface area contributed by atoms with E-state index in [1.165, 1.54) is 24.3 Å². The molecule has 0 aromatic heterocycles. The predicted octanol–water partition coefficient (Wildman–Crippen LogP) is 3.69. The molecule has 1 aliphatic rings. The zero-order valence-corrected chi connectivity index (χ0v) is 11.3. The van der Waals surface area contributed by atoms with Crippen molar-refractivity contribution in [3.05, 3.63) is 53.9 Å². The minimum absolute atomic E-state index is 0.00225. The summed E-state index contributed by atoms with van der Waals surface area (Å²) >= 11 is 0. The van der Waals surface area contributed by atoms with Crippen LogP contribution >= 0.6 is 0 Å². The van der Waals surface area contributed by atoms with Gasteiger partial charge in [-0.2, -0.15) is 0 Å². The third-order valence-electron chi connectivity index (χ3n) is 3.24. The van der Waals surface area contributed by atoms with Crippen LogP contribution in [0.2, 0.25) is 0 Å². The van der Waals surface area contributed by atoms with E-state index in [1.54, 1.807) is 0 Å².